The van der Waals surface area contributed by atoms with E-state index in [1.807, 2.05) is 42.7 Å². The van der Waals surface area contributed by atoms with Gasteiger partial charge in [0.25, 0.3) is 5.56 Å². The molecule has 118 valence electrons. The number of aryl methyl sites for hydroxylation is 1. The summed E-state index contributed by atoms with van der Waals surface area (Å²) in [6.45, 7) is 6.40. The van der Waals surface area contributed by atoms with Gasteiger partial charge in [0.05, 0.1) is 12.8 Å². The van der Waals surface area contributed by atoms with Crippen LogP contribution in [0.2, 0.25) is 0 Å². The molecule has 22 heavy (non-hydrogen) atoms. The molecule has 1 unspecified atom stereocenters. The third-order valence-electron chi connectivity index (χ3n) is 4.08. The van der Waals surface area contributed by atoms with Gasteiger partial charge in [-0.3, -0.25) is 4.79 Å². The zero-order valence-corrected chi connectivity index (χ0v) is 13.7. The minimum Gasteiger partial charge on any atom is -0.496 e. The van der Waals surface area contributed by atoms with Crippen molar-refractivity contribution in [2.45, 2.75) is 39.8 Å². The van der Waals surface area contributed by atoms with Crippen molar-refractivity contribution in [1.29, 1.82) is 0 Å². The van der Waals surface area contributed by atoms with Crippen molar-refractivity contribution in [3.63, 3.8) is 0 Å². The molecule has 0 aliphatic carbocycles. The number of hydrogen-bond acceptors (Lipinski definition) is 3. The summed E-state index contributed by atoms with van der Waals surface area (Å²) in [6.07, 6.45) is 0.870. The number of aromatic nitrogens is 1. The summed E-state index contributed by atoms with van der Waals surface area (Å²) in [5, 5.41) is 0. The van der Waals surface area contributed by atoms with Crippen LogP contribution in [0.5, 0.6) is 5.75 Å². The maximum absolute atomic E-state index is 12.7. The highest BCUT2D eigenvalue weighted by Crippen LogP contribution is 2.32. The number of rotatable bonds is 5. The fourth-order valence-corrected chi connectivity index (χ4v) is 2.61. The van der Waals surface area contributed by atoms with Crippen molar-refractivity contribution < 1.29 is 4.74 Å². The SMILES string of the molecule is CCC(C)n1c(-c2cc(C)ccc2OC)ccc(CN)c1=O. The van der Waals surface area contributed by atoms with Crippen LogP contribution in [-0.4, -0.2) is 11.7 Å². The van der Waals surface area contributed by atoms with Crippen molar-refractivity contribution in [3.8, 4) is 17.0 Å². The Morgan fingerprint density at radius 2 is 2.00 bits per heavy atom. The van der Waals surface area contributed by atoms with Gasteiger partial charge in [-0.1, -0.05) is 24.6 Å². The Labute approximate surface area is 131 Å². The molecule has 4 nitrogen and oxygen atoms in total. The second kappa shape index (κ2) is 6.79. The minimum absolute atomic E-state index is 0.0158. The first kappa shape index (κ1) is 16.3. The van der Waals surface area contributed by atoms with Gasteiger partial charge in [0.2, 0.25) is 0 Å². The van der Waals surface area contributed by atoms with E-state index in [0.717, 1.165) is 29.0 Å². The van der Waals surface area contributed by atoms with Crippen LogP contribution in [0.3, 0.4) is 0 Å². The van der Waals surface area contributed by atoms with Crippen molar-refractivity contribution in [2.75, 3.05) is 7.11 Å². The molecule has 1 heterocycles. The summed E-state index contributed by atoms with van der Waals surface area (Å²) in [6, 6.07) is 9.87. The summed E-state index contributed by atoms with van der Waals surface area (Å²) in [4.78, 5) is 12.7. The number of pyridine rings is 1. The highest BCUT2D eigenvalue weighted by atomic mass is 16.5. The fraction of sp³-hybridized carbons (Fsp3) is 0.389. The van der Waals surface area contributed by atoms with Crippen LogP contribution >= 0.6 is 0 Å². The van der Waals surface area contributed by atoms with Gasteiger partial charge in [-0.05, 0) is 38.5 Å². The molecule has 1 atom stereocenters. The van der Waals surface area contributed by atoms with Gasteiger partial charge in [0.1, 0.15) is 5.75 Å². The summed E-state index contributed by atoms with van der Waals surface area (Å²) < 4.78 is 7.31. The molecule has 0 radical (unpaired) electrons. The fourth-order valence-electron chi connectivity index (χ4n) is 2.61. The second-order valence-electron chi connectivity index (χ2n) is 5.58. The summed E-state index contributed by atoms with van der Waals surface area (Å²) >= 11 is 0. The van der Waals surface area contributed by atoms with Crippen LogP contribution in [0.1, 0.15) is 37.4 Å². The van der Waals surface area contributed by atoms with Crippen LogP contribution < -0.4 is 16.0 Å². The van der Waals surface area contributed by atoms with Crippen molar-refractivity contribution in [3.05, 3.63) is 51.8 Å². The number of ether oxygens (including phenoxy) is 1. The predicted octanol–water partition coefficient (Wildman–Crippen LogP) is 3.26. The van der Waals surface area contributed by atoms with Crippen LogP contribution in [0.15, 0.2) is 35.1 Å². The minimum atomic E-state index is -0.0158. The number of hydrogen-bond donors (Lipinski definition) is 1. The molecule has 2 rings (SSSR count). The first-order valence-corrected chi connectivity index (χ1v) is 7.63. The molecule has 0 amide bonds. The molecule has 1 aromatic carbocycles. The van der Waals surface area contributed by atoms with Crippen molar-refractivity contribution >= 4 is 0 Å². The molecule has 0 bridgehead atoms. The lowest BCUT2D eigenvalue weighted by atomic mass is 10.0. The lowest BCUT2D eigenvalue weighted by Gasteiger charge is -2.21. The first-order valence-electron chi connectivity index (χ1n) is 7.63. The highest BCUT2D eigenvalue weighted by molar-refractivity contribution is 5.68. The molecule has 4 heteroatoms. The van der Waals surface area contributed by atoms with E-state index in [9.17, 15) is 4.79 Å². The van der Waals surface area contributed by atoms with Crippen LogP contribution in [0.4, 0.5) is 0 Å². The zero-order valence-electron chi connectivity index (χ0n) is 13.7. The van der Waals surface area contributed by atoms with E-state index in [1.165, 1.54) is 0 Å². The standard InChI is InChI=1S/C18H24N2O2/c1-5-13(3)20-16(8-7-14(11-19)18(20)21)15-10-12(2)6-9-17(15)22-4/h6-10,13H,5,11,19H2,1-4H3. The van der Waals surface area contributed by atoms with Gasteiger partial charge in [-0.15, -0.1) is 0 Å². The van der Waals surface area contributed by atoms with Gasteiger partial charge < -0.3 is 15.0 Å². The largest absolute Gasteiger partial charge is 0.496 e. The van der Waals surface area contributed by atoms with Crippen LogP contribution in [0, 0.1) is 6.92 Å². The van der Waals surface area contributed by atoms with Crippen molar-refractivity contribution in [2.24, 2.45) is 5.73 Å². The van der Waals surface area contributed by atoms with E-state index in [4.69, 9.17) is 10.5 Å². The van der Waals surface area contributed by atoms with Crippen LogP contribution in [-0.2, 0) is 6.54 Å². The lowest BCUT2D eigenvalue weighted by molar-refractivity contribution is 0.415. The topological polar surface area (TPSA) is 57.2 Å². The molecule has 0 aliphatic rings. The normalized spacial score (nSPS) is 12.2. The number of benzene rings is 1. The Hall–Kier alpha value is -2.07. The molecular formula is C18H24N2O2. The van der Waals surface area contributed by atoms with Gasteiger partial charge in [-0.2, -0.15) is 0 Å². The van der Waals surface area contributed by atoms with Gasteiger partial charge in [0, 0.05) is 23.7 Å². The third-order valence-corrected chi connectivity index (χ3v) is 4.08. The lowest BCUT2D eigenvalue weighted by Crippen LogP contribution is -2.28. The molecule has 0 spiro atoms. The van der Waals surface area contributed by atoms with E-state index in [0.29, 0.717) is 5.56 Å². The van der Waals surface area contributed by atoms with E-state index < -0.39 is 0 Å². The Balaban J connectivity index is 2.78. The molecule has 0 aliphatic heterocycles. The van der Waals surface area contributed by atoms with E-state index >= 15 is 0 Å². The molecule has 0 saturated heterocycles. The third kappa shape index (κ3) is 2.92. The molecule has 2 N–H and O–H groups in total. The van der Waals surface area contributed by atoms with Gasteiger partial charge in [-0.25, -0.2) is 0 Å². The smallest absolute Gasteiger partial charge is 0.255 e. The zero-order chi connectivity index (χ0) is 16.3. The quantitative estimate of drug-likeness (QED) is 0.922. The molecular weight excluding hydrogens is 276 g/mol. The number of nitrogens with zero attached hydrogens (tertiary/aromatic N) is 1. The maximum atomic E-state index is 12.7. The Kier molecular flexibility index (Phi) is 5.03. The first-order chi connectivity index (χ1) is 10.5. The Morgan fingerprint density at radius 1 is 1.27 bits per heavy atom. The molecule has 0 saturated carbocycles. The highest BCUT2D eigenvalue weighted by Gasteiger charge is 2.17. The average Bonchev–Trinajstić information content (AvgIpc) is 2.53. The van der Waals surface area contributed by atoms with E-state index in [2.05, 4.69) is 13.0 Å². The van der Waals surface area contributed by atoms with E-state index in [-0.39, 0.29) is 18.1 Å². The molecule has 0 fully saturated rings. The maximum Gasteiger partial charge on any atom is 0.255 e. The summed E-state index contributed by atoms with van der Waals surface area (Å²) in [7, 11) is 1.65. The summed E-state index contributed by atoms with van der Waals surface area (Å²) in [5.41, 5.74) is 9.24. The van der Waals surface area contributed by atoms with Crippen LogP contribution in [0.25, 0.3) is 11.3 Å². The Bertz CT molecular complexity index is 720. The number of methoxy groups -OCH3 is 1. The van der Waals surface area contributed by atoms with Gasteiger partial charge >= 0.3 is 0 Å². The van der Waals surface area contributed by atoms with Gasteiger partial charge in [0.15, 0.2) is 0 Å². The Morgan fingerprint density at radius 3 is 2.59 bits per heavy atom. The molecule has 1 aromatic heterocycles. The average molecular weight is 300 g/mol. The molecule has 2 aromatic rings. The summed E-state index contributed by atoms with van der Waals surface area (Å²) in [5.74, 6) is 0.766. The number of nitrogens with two attached hydrogens (primary N) is 1. The second-order valence-corrected chi connectivity index (χ2v) is 5.58. The van der Waals surface area contributed by atoms with E-state index in [1.54, 1.807) is 7.11 Å². The predicted molar refractivity (Wildman–Crippen MR) is 90.3 cm³/mol. The van der Waals surface area contributed by atoms with Crippen molar-refractivity contribution in [1.82, 2.24) is 4.57 Å². The monoisotopic (exact) mass is 300 g/mol.